The van der Waals surface area contributed by atoms with E-state index in [1.807, 2.05) is 26.0 Å². The lowest BCUT2D eigenvalue weighted by molar-refractivity contribution is -0.151. The number of benzene rings is 1. The standard InChI is InChI=1S/C15H20N2O4/c1-9(2)14(19)21-8-13(18)17-15(20)16-12-7-5-6-10(3)11(12)4/h5-7,9H,8H2,1-4H3,(H2,16,17,18,20). The van der Waals surface area contributed by atoms with Crippen LogP contribution in [0, 0.1) is 19.8 Å². The van der Waals surface area contributed by atoms with Gasteiger partial charge in [-0.25, -0.2) is 4.79 Å². The summed E-state index contributed by atoms with van der Waals surface area (Å²) in [7, 11) is 0. The third-order valence-corrected chi connectivity index (χ3v) is 2.92. The third kappa shape index (κ3) is 5.25. The number of esters is 1. The van der Waals surface area contributed by atoms with Crippen LogP contribution in [-0.2, 0) is 14.3 Å². The summed E-state index contributed by atoms with van der Waals surface area (Å²) in [6.07, 6.45) is 0. The molecular weight excluding hydrogens is 272 g/mol. The van der Waals surface area contributed by atoms with Crippen LogP contribution >= 0.6 is 0 Å². The highest BCUT2D eigenvalue weighted by Gasteiger charge is 2.13. The molecule has 0 unspecified atom stereocenters. The van der Waals surface area contributed by atoms with Gasteiger partial charge in [0.15, 0.2) is 6.61 Å². The van der Waals surface area contributed by atoms with Gasteiger partial charge >= 0.3 is 12.0 Å². The minimum absolute atomic E-state index is 0.318. The Balaban J connectivity index is 2.48. The molecule has 0 atom stereocenters. The number of amides is 3. The molecule has 0 fully saturated rings. The number of ether oxygens (including phenoxy) is 1. The number of aryl methyl sites for hydroxylation is 1. The van der Waals surface area contributed by atoms with Crippen molar-refractivity contribution in [2.45, 2.75) is 27.7 Å². The molecule has 6 nitrogen and oxygen atoms in total. The molecule has 0 radical (unpaired) electrons. The van der Waals surface area contributed by atoms with Crippen molar-refractivity contribution in [2.24, 2.45) is 5.92 Å². The zero-order valence-electron chi connectivity index (χ0n) is 12.6. The van der Waals surface area contributed by atoms with Crippen LogP contribution in [0.4, 0.5) is 10.5 Å². The van der Waals surface area contributed by atoms with Crippen LogP contribution < -0.4 is 10.6 Å². The number of imide groups is 1. The molecule has 1 aromatic carbocycles. The quantitative estimate of drug-likeness (QED) is 0.833. The Labute approximate surface area is 123 Å². The molecule has 0 aliphatic carbocycles. The van der Waals surface area contributed by atoms with Gasteiger partial charge in [0.1, 0.15) is 0 Å². The average molecular weight is 292 g/mol. The second-order valence-corrected chi connectivity index (χ2v) is 5.01. The normalized spacial score (nSPS) is 10.1. The molecule has 0 heterocycles. The maximum Gasteiger partial charge on any atom is 0.325 e. The van der Waals surface area contributed by atoms with E-state index in [-0.39, 0.29) is 5.92 Å². The van der Waals surface area contributed by atoms with Crippen molar-refractivity contribution in [3.63, 3.8) is 0 Å². The van der Waals surface area contributed by atoms with E-state index >= 15 is 0 Å². The van der Waals surface area contributed by atoms with Crippen molar-refractivity contribution in [3.05, 3.63) is 29.3 Å². The molecule has 114 valence electrons. The Morgan fingerprint density at radius 2 is 1.86 bits per heavy atom. The average Bonchev–Trinajstić information content (AvgIpc) is 2.41. The molecule has 0 spiro atoms. The third-order valence-electron chi connectivity index (χ3n) is 2.92. The zero-order valence-corrected chi connectivity index (χ0v) is 12.6. The van der Waals surface area contributed by atoms with E-state index < -0.39 is 24.5 Å². The van der Waals surface area contributed by atoms with Crippen molar-refractivity contribution in [3.8, 4) is 0 Å². The number of carbonyl (C=O) groups excluding carboxylic acids is 3. The highest BCUT2D eigenvalue weighted by Crippen LogP contribution is 2.17. The number of carbonyl (C=O) groups is 3. The molecule has 3 amide bonds. The Hall–Kier alpha value is -2.37. The SMILES string of the molecule is Cc1cccc(NC(=O)NC(=O)COC(=O)C(C)C)c1C. The summed E-state index contributed by atoms with van der Waals surface area (Å²) < 4.78 is 4.73. The van der Waals surface area contributed by atoms with Gasteiger partial charge in [-0.15, -0.1) is 0 Å². The van der Waals surface area contributed by atoms with Crippen molar-refractivity contribution < 1.29 is 19.1 Å². The molecule has 1 rings (SSSR count). The van der Waals surface area contributed by atoms with E-state index in [0.29, 0.717) is 5.69 Å². The Bertz CT molecular complexity index is 553. The summed E-state index contributed by atoms with van der Waals surface area (Å²) in [5.41, 5.74) is 2.58. The summed E-state index contributed by atoms with van der Waals surface area (Å²) in [6, 6.07) is 4.82. The van der Waals surface area contributed by atoms with Crippen molar-refractivity contribution in [1.29, 1.82) is 0 Å². The lowest BCUT2D eigenvalue weighted by Gasteiger charge is -2.11. The van der Waals surface area contributed by atoms with Gasteiger partial charge in [-0.2, -0.15) is 0 Å². The molecule has 6 heteroatoms. The molecule has 2 N–H and O–H groups in total. The first-order valence-electron chi connectivity index (χ1n) is 6.65. The van der Waals surface area contributed by atoms with Gasteiger partial charge in [0, 0.05) is 5.69 Å². The Kier molecular flexibility index (Phi) is 5.90. The van der Waals surface area contributed by atoms with E-state index in [9.17, 15) is 14.4 Å². The van der Waals surface area contributed by atoms with Crippen LogP contribution in [0.1, 0.15) is 25.0 Å². The first-order valence-corrected chi connectivity index (χ1v) is 6.65. The van der Waals surface area contributed by atoms with Crippen LogP contribution in [0.15, 0.2) is 18.2 Å². The molecule has 0 aliphatic heterocycles. The fourth-order valence-corrected chi connectivity index (χ4v) is 1.51. The lowest BCUT2D eigenvalue weighted by Crippen LogP contribution is -2.37. The number of hydrogen-bond donors (Lipinski definition) is 2. The fourth-order valence-electron chi connectivity index (χ4n) is 1.51. The highest BCUT2D eigenvalue weighted by atomic mass is 16.5. The highest BCUT2D eigenvalue weighted by molar-refractivity contribution is 6.02. The van der Waals surface area contributed by atoms with Crippen LogP contribution in [0.3, 0.4) is 0 Å². The minimum atomic E-state index is -0.674. The molecule has 0 bridgehead atoms. The Morgan fingerprint density at radius 3 is 2.48 bits per heavy atom. The first-order chi connectivity index (χ1) is 9.81. The van der Waals surface area contributed by atoms with E-state index in [2.05, 4.69) is 10.6 Å². The Morgan fingerprint density at radius 1 is 1.19 bits per heavy atom. The maximum absolute atomic E-state index is 11.7. The minimum Gasteiger partial charge on any atom is -0.455 e. The second kappa shape index (κ2) is 7.42. The summed E-state index contributed by atoms with van der Waals surface area (Å²) in [6.45, 7) is 6.64. The summed E-state index contributed by atoms with van der Waals surface area (Å²) in [5.74, 6) is -1.48. The maximum atomic E-state index is 11.7. The van der Waals surface area contributed by atoms with Gasteiger partial charge in [0.05, 0.1) is 5.92 Å². The van der Waals surface area contributed by atoms with Crippen LogP contribution in [0.5, 0.6) is 0 Å². The van der Waals surface area contributed by atoms with E-state index in [1.54, 1.807) is 19.9 Å². The molecular formula is C15H20N2O4. The summed E-state index contributed by atoms with van der Waals surface area (Å²) in [4.78, 5) is 34.4. The van der Waals surface area contributed by atoms with Gasteiger partial charge in [0.25, 0.3) is 5.91 Å². The monoisotopic (exact) mass is 292 g/mol. The number of hydrogen-bond acceptors (Lipinski definition) is 4. The predicted octanol–water partition coefficient (Wildman–Crippen LogP) is 2.15. The molecule has 0 saturated carbocycles. The van der Waals surface area contributed by atoms with Gasteiger partial charge < -0.3 is 10.1 Å². The van der Waals surface area contributed by atoms with Crippen molar-refractivity contribution >= 4 is 23.6 Å². The fraction of sp³-hybridized carbons (Fsp3) is 0.400. The van der Waals surface area contributed by atoms with Gasteiger partial charge in [-0.3, -0.25) is 14.9 Å². The van der Waals surface area contributed by atoms with Gasteiger partial charge in [0.2, 0.25) is 0 Å². The molecule has 21 heavy (non-hydrogen) atoms. The topological polar surface area (TPSA) is 84.5 Å². The number of nitrogens with one attached hydrogen (secondary N) is 2. The van der Waals surface area contributed by atoms with E-state index in [0.717, 1.165) is 11.1 Å². The van der Waals surface area contributed by atoms with Crippen LogP contribution in [0.25, 0.3) is 0 Å². The van der Waals surface area contributed by atoms with Gasteiger partial charge in [-0.05, 0) is 31.0 Å². The predicted molar refractivity (Wildman–Crippen MR) is 78.9 cm³/mol. The van der Waals surface area contributed by atoms with Crippen LogP contribution in [0.2, 0.25) is 0 Å². The smallest absolute Gasteiger partial charge is 0.325 e. The van der Waals surface area contributed by atoms with Crippen molar-refractivity contribution in [1.82, 2.24) is 5.32 Å². The molecule has 1 aromatic rings. The number of anilines is 1. The number of urea groups is 1. The van der Waals surface area contributed by atoms with Crippen molar-refractivity contribution in [2.75, 3.05) is 11.9 Å². The zero-order chi connectivity index (χ0) is 16.0. The lowest BCUT2D eigenvalue weighted by atomic mass is 10.1. The largest absolute Gasteiger partial charge is 0.455 e. The van der Waals surface area contributed by atoms with E-state index in [4.69, 9.17) is 4.74 Å². The second-order valence-electron chi connectivity index (χ2n) is 5.01. The molecule has 0 aliphatic rings. The molecule has 0 aromatic heterocycles. The summed E-state index contributed by atoms with van der Waals surface area (Å²) >= 11 is 0. The first kappa shape index (κ1) is 16.7. The van der Waals surface area contributed by atoms with Gasteiger partial charge in [-0.1, -0.05) is 26.0 Å². The van der Waals surface area contributed by atoms with E-state index in [1.165, 1.54) is 0 Å². The number of rotatable bonds is 4. The van der Waals surface area contributed by atoms with Crippen LogP contribution in [-0.4, -0.2) is 24.5 Å². The molecule has 0 saturated heterocycles. The summed E-state index contributed by atoms with van der Waals surface area (Å²) in [5, 5.41) is 4.68.